The normalized spacial score (nSPS) is 12.0. The Morgan fingerprint density at radius 1 is 1.31 bits per heavy atom. The van der Waals surface area contributed by atoms with Crippen LogP contribution in [-0.4, -0.2) is 13.7 Å². The lowest BCUT2D eigenvalue weighted by Crippen LogP contribution is -2.18. The van der Waals surface area contributed by atoms with Gasteiger partial charge in [0.05, 0.1) is 7.11 Å². The number of rotatable bonds is 5. The molecule has 0 fully saturated rings. The molecule has 2 heteroatoms. The Balaban J connectivity index is 2.52. The summed E-state index contributed by atoms with van der Waals surface area (Å²) in [4.78, 5) is 0. The lowest BCUT2D eigenvalue weighted by Gasteiger charge is -2.13. The zero-order chi connectivity index (χ0) is 12.0. The molecule has 1 rings (SSSR count). The monoisotopic (exact) mass is 219 g/mol. The van der Waals surface area contributed by atoms with E-state index in [1.807, 2.05) is 12.1 Å². The zero-order valence-electron chi connectivity index (χ0n) is 10.6. The standard InChI is InChI=1S/C14H21NO/c1-11(2)9-10-15-12(3)13-5-7-14(16-4)8-6-13/h5-9,12,15H,10H2,1-4H3. The van der Waals surface area contributed by atoms with Gasteiger partial charge in [0.25, 0.3) is 0 Å². The fourth-order valence-electron chi connectivity index (χ4n) is 1.45. The molecule has 1 N–H and O–H groups in total. The van der Waals surface area contributed by atoms with E-state index in [9.17, 15) is 0 Å². The molecule has 1 aromatic rings. The molecule has 1 aromatic carbocycles. The van der Waals surface area contributed by atoms with Gasteiger partial charge in [0, 0.05) is 12.6 Å². The Labute approximate surface area is 98.3 Å². The van der Waals surface area contributed by atoms with Gasteiger partial charge in [-0.25, -0.2) is 0 Å². The predicted octanol–water partition coefficient (Wildman–Crippen LogP) is 3.31. The van der Waals surface area contributed by atoms with Crippen molar-refractivity contribution in [2.75, 3.05) is 13.7 Å². The Hall–Kier alpha value is -1.28. The van der Waals surface area contributed by atoms with E-state index in [4.69, 9.17) is 4.74 Å². The Morgan fingerprint density at radius 3 is 2.44 bits per heavy atom. The first-order chi connectivity index (χ1) is 7.63. The molecule has 0 aromatic heterocycles. The second kappa shape index (κ2) is 6.33. The van der Waals surface area contributed by atoms with Gasteiger partial charge in [-0.05, 0) is 38.5 Å². The molecule has 88 valence electrons. The van der Waals surface area contributed by atoms with Crippen molar-refractivity contribution in [2.45, 2.75) is 26.8 Å². The van der Waals surface area contributed by atoms with Gasteiger partial charge in [-0.3, -0.25) is 0 Å². The van der Waals surface area contributed by atoms with Crippen LogP contribution in [0, 0.1) is 0 Å². The molecule has 0 amide bonds. The van der Waals surface area contributed by atoms with E-state index in [-0.39, 0.29) is 0 Å². The Kier molecular flexibility index (Phi) is 5.06. The van der Waals surface area contributed by atoms with Crippen LogP contribution in [0.4, 0.5) is 0 Å². The van der Waals surface area contributed by atoms with Gasteiger partial charge in [-0.1, -0.05) is 23.8 Å². The van der Waals surface area contributed by atoms with Crippen molar-refractivity contribution in [3.63, 3.8) is 0 Å². The summed E-state index contributed by atoms with van der Waals surface area (Å²) < 4.78 is 5.13. The minimum absolute atomic E-state index is 0.363. The fraction of sp³-hybridized carbons (Fsp3) is 0.429. The van der Waals surface area contributed by atoms with Gasteiger partial charge in [0.2, 0.25) is 0 Å². The second-order valence-electron chi connectivity index (χ2n) is 4.18. The van der Waals surface area contributed by atoms with Crippen molar-refractivity contribution >= 4 is 0 Å². The van der Waals surface area contributed by atoms with Crippen LogP contribution in [0.15, 0.2) is 35.9 Å². The molecule has 0 bridgehead atoms. The largest absolute Gasteiger partial charge is 0.497 e. The average molecular weight is 219 g/mol. The molecule has 0 radical (unpaired) electrons. The smallest absolute Gasteiger partial charge is 0.118 e. The summed E-state index contributed by atoms with van der Waals surface area (Å²) in [5, 5.41) is 3.45. The lowest BCUT2D eigenvalue weighted by molar-refractivity contribution is 0.414. The SMILES string of the molecule is COc1ccc(C(C)NCC=C(C)C)cc1. The molecule has 0 saturated heterocycles. The first-order valence-corrected chi connectivity index (χ1v) is 5.64. The molecule has 1 atom stereocenters. The van der Waals surface area contributed by atoms with E-state index < -0.39 is 0 Å². The third kappa shape index (κ3) is 4.07. The summed E-state index contributed by atoms with van der Waals surface area (Å²) >= 11 is 0. The highest BCUT2D eigenvalue weighted by atomic mass is 16.5. The topological polar surface area (TPSA) is 21.3 Å². The molecule has 0 aliphatic carbocycles. The Bertz CT molecular complexity index is 336. The van der Waals surface area contributed by atoms with Gasteiger partial charge < -0.3 is 10.1 Å². The van der Waals surface area contributed by atoms with Crippen LogP contribution in [0.2, 0.25) is 0 Å². The summed E-state index contributed by atoms with van der Waals surface area (Å²) in [6.07, 6.45) is 2.19. The highest BCUT2D eigenvalue weighted by molar-refractivity contribution is 5.28. The number of methoxy groups -OCH3 is 1. The van der Waals surface area contributed by atoms with Gasteiger partial charge in [0.15, 0.2) is 0 Å². The van der Waals surface area contributed by atoms with Crippen molar-refractivity contribution in [3.05, 3.63) is 41.5 Å². The number of ether oxygens (including phenoxy) is 1. The van der Waals surface area contributed by atoms with Crippen molar-refractivity contribution in [1.29, 1.82) is 0 Å². The third-order valence-corrected chi connectivity index (χ3v) is 2.55. The van der Waals surface area contributed by atoms with E-state index in [1.54, 1.807) is 7.11 Å². The molecular weight excluding hydrogens is 198 g/mol. The van der Waals surface area contributed by atoms with E-state index in [1.165, 1.54) is 11.1 Å². The highest BCUT2D eigenvalue weighted by Crippen LogP contribution is 2.16. The molecule has 1 unspecified atom stereocenters. The van der Waals surface area contributed by atoms with Crippen molar-refractivity contribution in [1.82, 2.24) is 5.32 Å². The van der Waals surface area contributed by atoms with Gasteiger partial charge in [-0.15, -0.1) is 0 Å². The van der Waals surface area contributed by atoms with E-state index in [0.29, 0.717) is 6.04 Å². The first kappa shape index (κ1) is 12.8. The maximum atomic E-state index is 5.13. The van der Waals surface area contributed by atoms with Gasteiger partial charge >= 0.3 is 0 Å². The first-order valence-electron chi connectivity index (χ1n) is 5.64. The highest BCUT2D eigenvalue weighted by Gasteiger charge is 2.03. The van der Waals surface area contributed by atoms with Crippen LogP contribution in [0.3, 0.4) is 0 Å². The van der Waals surface area contributed by atoms with Crippen LogP contribution in [0.25, 0.3) is 0 Å². The number of hydrogen-bond donors (Lipinski definition) is 1. The summed E-state index contributed by atoms with van der Waals surface area (Å²) in [6.45, 7) is 7.30. The minimum atomic E-state index is 0.363. The van der Waals surface area contributed by atoms with Gasteiger partial charge in [0.1, 0.15) is 5.75 Å². The van der Waals surface area contributed by atoms with Gasteiger partial charge in [-0.2, -0.15) is 0 Å². The molecule has 2 nitrogen and oxygen atoms in total. The quantitative estimate of drug-likeness (QED) is 0.767. The van der Waals surface area contributed by atoms with E-state index in [0.717, 1.165) is 12.3 Å². The maximum absolute atomic E-state index is 5.13. The average Bonchev–Trinajstić information content (AvgIpc) is 2.28. The second-order valence-corrected chi connectivity index (χ2v) is 4.18. The zero-order valence-corrected chi connectivity index (χ0v) is 10.6. The predicted molar refractivity (Wildman–Crippen MR) is 68.8 cm³/mol. The van der Waals surface area contributed by atoms with Crippen LogP contribution in [-0.2, 0) is 0 Å². The molecule has 0 aliphatic heterocycles. The number of benzene rings is 1. The lowest BCUT2D eigenvalue weighted by atomic mass is 10.1. The summed E-state index contributed by atoms with van der Waals surface area (Å²) in [6, 6.07) is 8.54. The van der Waals surface area contributed by atoms with Crippen molar-refractivity contribution < 1.29 is 4.74 Å². The molecular formula is C14H21NO. The van der Waals surface area contributed by atoms with E-state index >= 15 is 0 Å². The number of allylic oxidation sites excluding steroid dienone is 1. The molecule has 0 saturated carbocycles. The number of hydrogen-bond acceptors (Lipinski definition) is 2. The minimum Gasteiger partial charge on any atom is -0.497 e. The van der Waals surface area contributed by atoms with Crippen LogP contribution < -0.4 is 10.1 Å². The summed E-state index contributed by atoms with van der Waals surface area (Å²) in [7, 11) is 1.69. The van der Waals surface area contributed by atoms with Crippen molar-refractivity contribution in [3.8, 4) is 5.75 Å². The fourth-order valence-corrected chi connectivity index (χ4v) is 1.45. The van der Waals surface area contributed by atoms with E-state index in [2.05, 4.69) is 44.3 Å². The maximum Gasteiger partial charge on any atom is 0.118 e. The Morgan fingerprint density at radius 2 is 1.94 bits per heavy atom. The molecule has 16 heavy (non-hydrogen) atoms. The summed E-state index contributed by atoms with van der Waals surface area (Å²) in [5.74, 6) is 0.903. The summed E-state index contributed by atoms with van der Waals surface area (Å²) in [5.41, 5.74) is 2.62. The van der Waals surface area contributed by atoms with Crippen LogP contribution >= 0.6 is 0 Å². The van der Waals surface area contributed by atoms with Crippen LogP contribution in [0.1, 0.15) is 32.4 Å². The molecule has 0 spiro atoms. The van der Waals surface area contributed by atoms with Crippen LogP contribution in [0.5, 0.6) is 5.75 Å². The number of nitrogens with one attached hydrogen (secondary N) is 1. The third-order valence-electron chi connectivity index (χ3n) is 2.55. The molecule has 0 heterocycles. The molecule has 0 aliphatic rings. The van der Waals surface area contributed by atoms with Crippen molar-refractivity contribution in [2.24, 2.45) is 0 Å².